The van der Waals surface area contributed by atoms with Gasteiger partial charge in [0.05, 0.1) is 18.3 Å². The fraction of sp³-hybridized carbons (Fsp3) is 0.364. The molecule has 0 fully saturated rings. The van der Waals surface area contributed by atoms with Crippen LogP contribution in [0.4, 0.5) is 0 Å². The molecule has 17 heavy (non-hydrogen) atoms. The van der Waals surface area contributed by atoms with Gasteiger partial charge in [0.2, 0.25) is 0 Å². The minimum atomic E-state index is -0.264. The molecule has 0 spiro atoms. The van der Waals surface area contributed by atoms with Crippen molar-refractivity contribution < 1.29 is 9.53 Å². The lowest BCUT2D eigenvalue weighted by molar-refractivity contribution is -0.141. The Morgan fingerprint density at radius 3 is 3.12 bits per heavy atom. The van der Waals surface area contributed by atoms with E-state index in [9.17, 15) is 9.59 Å². The molecule has 2 rings (SSSR count). The largest absolute Gasteiger partial charge is 0.466 e. The van der Waals surface area contributed by atoms with Crippen LogP contribution in [0, 0.1) is 0 Å². The average Bonchev–Trinajstić information content (AvgIpc) is 2.69. The summed E-state index contributed by atoms with van der Waals surface area (Å²) in [6, 6.07) is 1.85. The lowest BCUT2D eigenvalue weighted by Crippen LogP contribution is -2.03. The van der Waals surface area contributed by atoms with Gasteiger partial charge < -0.3 is 9.72 Å². The third-order valence-electron chi connectivity index (χ3n) is 2.26. The first-order chi connectivity index (χ1) is 8.16. The van der Waals surface area contributed by atoms with Gasteiger partial charge in [-0.2, -0.15) is 0 Å². The highest BCUT2D eigenvalue weighted by Crippen LogP contribution is 2.21. The molecule has 0 radical (unpaired) electrons. The highest BCUT2D eigenvalue weighted by atomic mass is 32.1. The number of aromatic amines is 1. The predicted molar refractivity (Wildman–Crippen MR) is 65.2 cm³/mol. The van der Waals surface area contributed by atoms with Gasteiger partial charge in [0.25, 0.3) is 5.56 Å². The van der Waals surface area contributed by atoms with Gasteiger partial charge in [0.15, 0.2) is 0 Å². The number of nitrogens with zero attached hydrogens (tertiary/aromatic N) is 1. The van der Waals surface area contributed by atoms with E-state index >= 15 is 0 Å². The number of aryl methyl sites for hydroxylation is 1. The molecule has 90 valence electrons. The highest BCUT2D eigenvalue weighted by Gasteiger charge is 2.05. The molecule has 5 nitrogen and oxygen atoms in total. The van der Waals surface area contributed by atoms with Gasteiger partial charge in [-0.1, -0.05) is 0 Å². The first kappa shape index (κ1) is 11.8. The summed E-state index contributed by atoms with van der Waals surface area (Å²) < 4.78 is 4.84. The quantitative estimate of drug-likeness (QED) is 0.661. The Balaban J connectivity index is 2.02. The van der Waals surface area contributed by atoms with Crippen molar-refractivity contribution in [2.75, 3.05) is 6.61 Å². The number of rotatable bonds is 4. The minimum Gasteiger partial charge on any atom is -0.466 e. The van der Waals surface area contributed by atoms with Crippen LogP contribution in [-0.4, -0.2) is 22.5 Å². The molecule has 6 heteroatoms. The summed E-state index contributed by atoms with van der Waals surface area (Å²) in [7, 11) is 0. The summed E-state index contributed by atoms with van der Waals surface area (Å²) in [6.07, 6.45) is 2.95. The van der Waals surface area contributed by atoms with E-state index in [1.165, 1.54) is 24.6 Å². The molecule has 2 aromatic heterocycles. The van der Waals surface area contributed by atoms with E-state index in [-0.39, 0.29) is 11.5 Å². The van der Waals surface area contributed by atoms with Gasteiger partial charge in [-0.3, -0.25) is 9.59 Å². The summed E-state index contributed by atoms with van der Waals surface area (Å²) in [4.78, 5) is 30.5. The molecule has 0 saturated heterocycles. The van der Waals surface area contributed by atoms with Gasteiger partial charge >= 0.3 is 5.97 Å². The SMILES string of the molecule is CC(=O)OCCCc1cc2c(=O)[nH]cnc2s1. The van der Waals surface area contributed by atoms with Crippen molar-refractivity contribution in [1.82, 2.24) is 9.97 Å². The predicted octanol–water partition coefficient (Wildman–Crippen LogP) is 1.48. The standard InChI is InChI=1S/C11H12N2O3S/c1-7(14)16-4-2-3-8-5-9-10(15)12-6-13-11(9)17-8/h5-6H,2-4H2,1H3,(H,12,13,15). The van der Waals surface area contributed by atoms with Crippen LogP contribution in [0.1, 0.15) is 18.2 Å². The van der Waals surface area contributed by atoms with Crippen LogP contribution in [-0.2, 0) is 16.0 Å². The van der Waals surface area contributed by atoms with E-state index in [2.05, 4.69) is 9.97 Å². The number of hydrogen-bond acceptors (Lipinski definition) is 5. The molecule has 2 aromatic rings. The fourth-order valence-corrected chi connectivity index (χ4v) is 2.54. The van der Waals surface area contributed by atoms with Crippen LogP contribution in [0.5, 0.6) is 0 Å². The number of H-pyrrole nitrogens is 1. The lowest BCUT2D eigenvalue weighted by Gasteiger charge is -1.99. The number of thiophene rings is 1. The van der Waals surface area contributed by atoms with Crippen molar-refractivity contribution in [3.05, 3.63) is 27.6 Å². The Bertz CT molecular complexity index is 588. The van der Waals surface area contributed by atoms with Crippen molar-refractivity contribution in [3.8, 4) is 0 Å². The number of esters is 1. The topological polar surface area (TPSA) is 72.1 Å². The van der Waals surface area contributed by atoms with E-state index < -0.39 is 0 Å². The molecule has 0 aliphatic carbocycles. The van der Waals surface area contributed by atoms with Gasteiger partial charge in [-0.15, -0.1) is 11.3 Å². The Labute approximate surface area is 101 Å². The number of ether oxygens (including phenoxy) is 1. The highest BCUT2D eigenvalue weighted by molar-refractivity contribution is 7.18. The number of carbonyl (C=O) groups is 1. The maximum Gasteiger partial charge on any atom is 0.302 e. The van der Waals surface area contributed by atoms with Gasteiger partial charge in [-0.25, -0.2) is 4.98 Å². The van der Waals surface area contributed by atoms with E-state index in [0.29, 0.717) is 12.0 Å². The maximum atomic E-state index is 11.5. The zero-order valence-corrected chi connectivity index (χ0v) is 10.2. The van der Waals surface area contributed by atoms with Crippen molar-refractivity contribution in [3.63, 3.8) is 0 Å². The molecule has 0 bridgehead atoms. The van der Waals surface area contributed by atoms with E-state index in [1.54, 1.807) is 0 Å². The van der Waals surface area contributed by atoms with Crippen molar-refractivity contribution in [2.24, 2.45) is 0 Å². The average molecular weight is 252 g/mol. The first-order valence-electron chi connectivity index (χ1n) is 5.26. The number of carbonyl (C=O) groups excluding carboxylic acids is 1. The van der Waals surface area contributed by atoms with Gasteiger partial charge in [-0.05, 0) is 18.9 Å². The number of nitrogens with one attached hydrogen (secondary N) is 1. The Hall–Kier alpha value is -1.69. The summed E-state index contributed by atoms with van der Waals surface area (Å²) in [5.41, 5.74) is -0.113. The zero-order chi connectivity index (χ0) is 12.3. The van der Waals surface area contributed by atoms with E-state index in [0.717, 1.165) is 22.5 Å². The maximum absolute atomic E-state index is 11.5. The smallest absolute Gasteiger partial charge is 0.302 e. The second-order valence-electron chi connectivity index (χ2n) is 3.61. The molecule has 0 aliphatic heterocycles. The van der Waals surface area contributed by atoms with Crippen molar-refractivity contribution in [2.45, 2.75) is 19.8 Å². The second kappa shape index (κ2) is 5.09. The molecule has 0 aliphatic rings. The summed E-state index contributed by atoms with van der Waals surface area (Å²) in [5, 5.41) is 0.625. The number of aromatic nitrogens is 2. The van der Waals surface area contributed by atoms with Crippen LogP contribution < -0.4 is 5.56 Å². The van der Waals surface area contributed by atoms with Crippen LogP contribution >= 0.6 is 11.3 Å². The second-order valence-corrected chi connectivity index (χ2v) is 4.72. The van der Waals surface area contributed by atoms with Crippen molar-refractivity contribution in [1.29, 1.82) is 0 Å². The summed E-state index contributed by atoms with van der Waals surface area (Å²) >= 11 is 1.50. The summed E-state index contributed by atoms with van der Waals surface area (Å²) in [5.74, 6) is -0.264. The Kier molecular flexibility index (Phi) is 3.53. The van der Waals surface area contributed by atoms with Crippen LogP contribution in [0.15, 0.2) is 17.2 Å². The van der Waals surface area contributed by atoms with Crippen molar-refractivity contribution >= 4 is 27.5 Å². The third-order valence-corrected chi connectivity index (χ3v) is 3.36. The monoisotopic (exact) mass is 252 g/mol. The normalized spacial score (nSPS) is 10.6. The van der Waals surface area contributed by atoms with Gasteiger partial charge in [0, 0.05) is 11.8 Å². The van der Waals surface area contributed by atoms with Crippen LogP contribution in [0.25, 0.3) is 10.2 Å². The fourth-order valence-electron chi connectivity index (χ4n) is 1.50. The lowest BCUT2D eigenvalue weighted by atomic mass is 10.2. The number of fused-ring (bicyclic) bond motifs is 1. The molecular weight excluding hydrogens is 240 g/mol. The summed E-state index contributed by atoms with van der Waals surface area (Å²) in [6.45, 7) is 1.80. The molecular formula is C11H12N2O3S. The Morgan fingerprint density at radius 2 is 2.41 bits per heavy atom. The third kappa shape index (κ3) is 2.91. The van der Waals surface area contributed by atoms with Gasteiger partial charge in [0.1, 0.15) is 4.83 Å². The minimum absolute atomic E-state index is 0.113. The molecule has 0 aromatic carbocycles. The molecule has 1 N–H and O–H groups in total. The molecule has 0 amide bonds. The zero-order valence-electron chi connectivity index (χ0n) is 9.36. The molecule has 0 unspecified atom stereocenters. The van der Waals surface area contributed by atoms with Crippen LogP contribution in [0.3, 0.4) is 0 Å². The number of hydrogen-bond donors (Lipinski definition) is 1. The molecule has 0 atom stereocenters. The molecule has 0 saturated carbocycles. The Morgan fingerprint density at radius 1 is 1.59 bits per heavy atom. The molecule has 2 heterocycles. The van der Waals surface area contributed by atoms with E-state index in [1.807, 2.05) is 6.07 Å². The van der Waals surface area contributed by atoms with E-state index in [4.69, 9.17) is 4.74 Å². The van der Waals surface area contributed by atoms with Crippen LogP contribution in [0.2, 0.25) is 0 Å². The first-order valence-corrected chi connectivity index (χ1v) is 6.08.